The molecule has 1 atom stereocenters. The average molecular weight is 337 g/mol. The van der Waals surface area contributed by atoms with Gasteiger partial charge >= 0.3 is 0 Å². The van der Waals surface area contributed by atoms with E-state index in [4.69, 9.17) is 23.2 Å². The van der Waals surface area contributed by atoms with Gasteiger partial charge in [0.2, 0.25) is 10.0 Å². The summed E-state index contributed by atoms with van der Waals surface area (Å²) in [5.41, 5.74) is 0.695. The monoisotopic (exact) mass is 336 g/mol. The van der Waals surface area contributed by atoms with Gasteiger partial charge < -0.3 is 5.32 Å². The van der Waals surface area contributed by atoms with Gasteiger partial charge in [0.1, 0.15) is 0 Å². The molecule has 0 bridgehead atoms. The number of nitrogens with one attached hydrogen (secondary N) is 1. The van der Waals surface area contributed by atoms with Crippen molar-refractivity contribution in [1.29, 1.82) is 0 Å². The smallest absolute Gasteiger partial charge is 0.243 e. The second-order valence-corrected chi connectivity index (χ2v) is 7.69. The normalized spacial score (nSPS) is 20.5. The van der Waals surface area contributed by atoms with E-state index in [2.05, 4.69) is 5.32 Å². The minimum Gasteiger partial charge on any atom is -0.318 e. The molecule has 1 aliphatic rings. The molecule has 0 saturated carbocycles. The molecular formula is C13H18Cl2N2O2S. The molecule has 0 amide bonds. The Morgan fingerprint density at radius 1 is 1.35 bits per heavy atom. The first-order chi connectivity index (χ1) is 9.37. The molecule has 1 saturated heterocycles. The molecule has 1 aromatic carbocycles. The maximum atomic E-state index is 12.7. The van der Waals surface area contributed by atoms with E-state index in [-0.39, 0.29) is 10.9 Å². The summed E-state index contributed by atoms with van der Waals surface area (Å²) < 4.78 is 27.0. The van der Waals surface area contributed by atoms with Gasteiger partial charge in [-0.1, -0.05) is 23.2 Å². The van der Waals surface area contributed by atoms with Crippen LogP contribution in [0.3, 0.4) is 0 Å². The lowest BCUT2D eigenvalue weighted by Gasteiger charge is -2.24. The Balaban J connectivity index is 2.40. The van der Waals surface area contributed by atoms with Crippen LogP contribution < -0.4 is 5.32 Å². The minimum atomic E-state index is -3.55. The summed E-state index contributed by atoms with van der Waals surface area (Å²) in [6, 6.07) is 2.95. The molecule has 0 radical (unpaired) electrons. The van der Waals surface area contributed by atoms with Gasteiger partial charge in [0.05, 0.1) is 4.90 Å². The highest BCUT2D eigenvalue weighted by atomic mass is 35.5. The highest BCUT2D eigenvalue weighted by Crippen LogP contribution is 2.31. The summed E-state index contributed by atoms with van der Waals surface area (Å²) in [4.78, 5) is 0.168. The van der Waals surface area contributed by atoms with Gasteiger partial charge in [-0.25, -0.2) is 8.42 Å². The molecule has 4 nitrogen and oxygen atoms in total. The van der Waals surface area contributed by atoms with Crippen molar-refractivity contribution in [3.8, 4) is 0 Å². The molecule has 0 spiro atoms. The Labute approximate surface area is 130 Å². The first-order valence-corrected chi connectivity index (χ1v) is 8.69. The SMILES string of the molecule is CNCC1CCCN1S(=O)(=O)c1cc(Cl)c(C)c(Cl)c1. The van der Waals surface area contributed by atoms with Crippen molar-refractivity contribution >= 4 is 33.2 Å². The maximum Gasteiger partial charge on any atom is 0.243 e. The third-order valence-electron chi connectivity index (χ3n) is 3.62. The number of nitrogens with zero attached hydrogens (tertiary/aromatic N) is 1. The van der Waals surface area contributed by atoms with Crippen molar-refractivity contribution in [2.75, 3.05) is 20.1 Å². The Kier molecular flexibility index (Phi) is 4.97. The lowest BCUT2D eigenvalue weighted by molar-refractivity contribution is 0.379. The van der Waals surface area contributed by atoms with Crippen LogP contribution in [0.2, 0.25) is 10.0 Å². The zero-order valence-corrected chi connectivity index (χ0v) is 13.8. The van der Waals surface area contributed by atoms with Crippen LogP contribution in [-0.4, -0.2) is 38.9 Å². The molecule has 1 fully saturated rings. The summed E-state index contributed by atoms with van der Waals surface area (Å²) in [7, 11) is -1.73. The van der Waals surface area contributed by atoms with Gasteiger partial charge in [0.25, 0.3) is 0 Å². The van der Waals surface area contributed by atoms with E-state index in [1.807, 2.05) is 7.05 Å². The Morgan fingerprint density at radius 3 is 2.50 bits per heavy atom. The van der Waals surface area contributed by atoms with Crippen molar-refractivity contribution in [3.63, 3.8) is 0 Å². The summed E-state index contributed by atoms with van der Waals surface area (Å²) in [5, 5.41) is 3.79. The van der Waals surface area contributed by atoms with E-state index < -0.39 is 10.0 Å². The fourth-order valence-corrected chi connectivity index (χ4v) is 4.83. The van der Waals surface area contributed by atoms with Gasteiger partial charge in [-0.2, -0.15) is 4.31 Å². The second-order valence-electron chi connectivity index (χ2n) is 4.98. The number of hydrogen-bond acceptors (Lipinski definition) is 3. The van der Waals surface area contributed by atoms with Gasteiger partial charge in [0, 0.05) is 29.2 Å². The lowest BCUT2D eigenvalue weighted by Crippen LogP contribution is -2.40. The molecule has 1 aliphatic heterocycles. The predicted molar refractivity (Wildman–Crippen MR) is 82.0 cm³/mol. The molecule has 0 aromatic heterocycles. The third kappa shape index (κ3) is 2.97. The molecule has 7 heteroatoms. The largest absolute Gasteiger partial charge is 0.318 e. The number of halogens is 2. The summed E-state index contributed by atoms with van der Waals surface area (Å²) in [6.07, 6.45) is 1.74. The predicted octanol–water partition coefficient (Wildman–Crippen LogP) is 2.67. The van der Waals surface area contributed by atoms with Crippen molar-refractivity contribution in [2.24, 2.45) is 0 Å². The first-order valence-electron chi connectivity index (χ1n) is 6.50. The standard InChI is InChI=1S/C13H18Cl2N2O2S/c1-9-12(14)6-11(7-13(9)15)20(18,19)17-5-3-4-10(17)8-16-2/h6-7,10,16H,3-5,8H2,1-2H3. The van der Waals surface area contributed by atoms with E-state index in [9.17, 15) is 8.42 Å². The molecule has 112 valence electrons. The summed E-state index contributed by atoms with van der Waals surface area (Å²) in [6.45, 7) is 2.95. The third-order valence-corrected chi connectivity index (χ3v) is 6.34. The van der Waals surface area contributed by atoms with Crippen LogP contribution in [-0.2, 0) is 10.0 Å². The Bertz CT molecular complexity index is 581. The number of sulfonamides is 1. The van der Waals surface area contributed by atoms with Crippen LogP contribution in [0.15, 0.2) is 17.0 Å². The maximum absolute atomic E-state index is 12.7. The van der Waals surface area contributed by atoms with Crippen LogP contribution in [0.25, 0.3) is 0 Å². The van der Waals surface area contributed by atoms with Gasteiger partial charge in [-0.05, 0) is 44.5 Å². The van der Waals surface area contributed by atoms with Crippen molar-refractivity contribution < 1.29 is 8.42 Å². The average Bonchev–Trinajstić information content (AvgIpc) is 2.84. The van der Waals surface area contributed by atoms with Crippen LogP contribution >= 0.6 is 23.2 Å². The zero-order chi connectivity index (χ0) is 14.9. The highest BCUT2D eigenvalue weighted by Gasteiger charge is 2.35. The van der Waals surface area contributed by atoms with Gasteiger partial charge in [-0.15, -0.1) is 0 Å². The van der Waals surface area contributed by atoms with Crippen molar-refractivity contribution in [3.05, 3.63) is 27.7 Å². The second kappa shape index (κ2) is 6.20. The summed E-state index contributed by atoms with van der Waals surface area (Å²) >= 11 is 12.1. The zero-order valence-electron chi connectivity index (χ0n) is 11.5. The summed E-state index contributed by atoms with van der Waals surface area (Å²) in [5.74, 6) is 0. The molecule has 2 rings (SSSR count). The van der Waals surface area contributed by atoms with Crippen LogP contribution in [0, 0.1) is 6.92 Å². The number of hydrogen-bond donors (Lipinski definition) is 1. The molecule has 0 aliphatic carbocycles. The fourth-order valence-electron chi connectivity index (χ4n) is 2.47. The quantitative estimate of drug-likeness (QED) is 0.919. The van der Waals surface area contributed by atoms with E-state index >= 15 is 0 Å². The molecule has 20 heavy (non-hydrogen) atoms. The van der Waals surface area contributed by atoms with E-state index in [1.54, 1.807) is 11.2 Å². The minimum absolute atomic E-state index is 0.0103. The number of benzene rings is 1. The lowest BCUT2D eigenvalue weighted by atomic mass is 10.2. The molecule has 1 aromatic rings. The topological polar surface area (TPSA) is 49.4 Å². The van der Waals surface area contributed by atoms with Crippen LogP contribution in [0.4, 0.5) is 0 Å². The number of rotatable bonds is 4. The van der Waals surface area contributed by atoms with E-state index in [0.29, 0.717) is 28.7 Å². The van der Waals surface area contributed by atoms with E-state index in [1.165, 1.54) is 12.1 Å². The van der Waals surface area contributed by atoms with Gasteiger partial charge in [0.15, 0.2) is 0 Å². The first kappa shape index (κ1) is 16.0. The van der Waals surface area contributed by atoms with E-state index in [0.717, 1.165) is 12.8 Å². The highest BCUT2D eigenvalue weighted by molar-refractivity contribution is 7.89. The Morgan fingerprint density at radius 2 is 1.95 bits per heavy atom. The van der Waals surface area contributed by atoms with Crippen LogP contribution in [0.5, 0.6) is 0 Å². The molecule has 1 unspecified atom stereocenters. The molecular weight excluding hydrogens is 319 g/mol. The van der Waals surface area contributed by atoms with Crippen LogP contribution in [0.1, 0.15) is 18.4 Å². The van der Waals surface area contributed by atoms with Crippen molar-refractivity contribution in [2.45, 2.75) is 30.7 Å². The Hall–Kier alpha value is -0.330. The number of likely N-dealkylation sites (N-methyl/N-ethyl adjacent to an activating group) is 1. The molecule has 1 heterocycles. The van der Waals surface area contributed by atoms with Gasteiger partial charge in [-0.3, -0.25) is 0 Å². The molecule has 1 N–H and O–H groups in total. The fraction of sp³-hybridized carbons (Fsp3) is 0.538. The van der Waals surface area contributed by atoms with Crippen molar-refractivity contribution in [1.82, 2.24) is 9.62 Å².